The second-order valence-electron chi connectivity index (χ2n) is 6.18. The maximum atomic E-state index is 11.6. The number of nitrogens with zero attached hydrogens (tertiary/aromatic N) is 1. The summed E-state index contributed by atoms with van der Waals surface area (Å²) >= 11 is 0. The van der Waals surface area contributed by atoms with E-state index in [1.165, 1.54) is 17.5 Å². The van der Waals surface area contributed by atoms with Crippen LogP contribution in [0.5, 0.6) is 5.75 Å². The maximum Gasteiger partial charge on any atom is 0.317 e. The van der Waals surface area contributed by atoms with Crippen molar-refractivity contribution in [1.82, 2.24) is 10.2 Å². The van der Waals surface area contributed by atoms with E-state index in [0.717, 1.165) is 5.75 Å². The van der Waals surface area contributed by atoms with Gasteiger partial charge in [-0.2, -0.15) is 0 Å². The summed E-state index contributed by atoms with van der Waals surface area (Å²) in [6.45, 7) is 7.05. The molecule has 3 N–H and O–H groups in total. The van der Waals surface area contributed by atoms with E-state index >= 15 is 0 Å². The average Bonchev–Trinajstić information content (AvgIpc) is 2.42. The fourth-order valence-electron chi connectivity index (χ4n) is 1.82. The lowest BCUT2D eigenvalue weighted by Crippen LogP contribution is -2.43. The average molecular weight is 307 g/mol. The van der Waals surface area contributed by atoms with Gasteiger partial charge in [0.25, 0.3) is 0 Å². The Morgan fingerprint density at radius 3 is 2.32 bits per heavy atom. The van der Waals surface area contributed by atoms with Crippen LogP contribution in [-0.4, -0.2) is 43.6 Å². The van der Waals surface area contributed by atoms with Gasteiger partial charge in [0.1, 0.15) is 18.9 Å². The number of benzene rings is 1. The number of nitrogens with two attached hydrogens (primary N) is 1. The predicted octanol–water partition coefficient (Wildman–Crippen LogP) is 1.49. The smallest absolute Gasteiger partial charge is 0.317 e. The molecule has 1 rings (SSSR count). The second-order valence-corrected chi connectivity index (χ2v) is 6.18. The number of nitrogens with one attached hydrogen (secondary N) is 1. The number of rotatable bonds is 6. The minimum Gasteiger partial charge on any atom is -0.492 e. The van der Waals surface area contributed by atoms with Crippen molar-refractivity contribution in [3.05, 3.63) is 29.8 Å². The van der Waals surface area contributed by atoms with Crippen molar-refractivity contribution >= 4 is 11.9 Å². The van der Waals surface area contributed by atoms with E-state index < -0.39 is 5.91 Å². The van der Waals surface area contributed by atoms with Crippen molar-refractivity contribution in [2.24, 2.45) is 5.73 Å². The highest BCUT2D eigenvalue weighted by molar-refractivity contribution is 5.82. The summed E-state index contributed by atoms with van der Waals surface area (Å²) in [6.07, 6.45) is 0. The van der Waals surface area contributed by atoms with Gasteiger partial charge in [0.2, 0.25) is 5.91 Å². The van der Waals surface area contributed by atoms with Crippen molar-refractivity contribution < 1.29 is 14.3 Å². The van der Waals surface area contributed by atoms with Crippen LogP contribution in [0.2, 0.25) is 0 Å². The summed E-state index contributed by atoms with van der Waals surface area (Å²) in [7, 11) is 1.51. The molecule has 6 nitrogen and oxygen atoms in total. The lowest BCUT2D eigenvalue weighted by atomic mass is 9.87. The molecule has 122 valence electrons. The summed E-state index contributed by atoms with van der Waals surface area (Å²) in [5, 5.41) is 2.65. The molecule has 0 saturated heterocycles. The van der Waals surface area contributed by atoms with Gasteiger partial charge in [-0.15, -0.1) is 0 Å². The Hall–Kier alpha value is -2.24. The topological polar surface area (TPSA) is 84.7 Å². The Morgan fingerprint density at radius 2 is 1.82 bits per heavy atom. The minimum absolute atomic E-state index is 0.109. The molecule has 0 heterocycles. The number of carbonyl (C=O) groups excluding carboxylic acids is 2. The van der Waals surface area contributed by atoms with E-state index in [0.29, 0.717) is 13.2 Å². The van der Waals surface area contributed by atoms with Crippen LogP contribution in [0.15, 0.2) is 24.3 Å². The molecule has 0 unspecified atom stereocenters. The molecule has 22 heavy (non-hydrogen) atoms. The molecule has 3 amide bonds. The number of likely N-dealkylation sites (N-methyl/N-ethyl adjacent to an activating group) is 1. The first kappa shape index (κ1) is 17.8. The van der Waals surface area contributed by atoms with Crippen molar-refractivity contribution in [1.29, 1.82) is 0 Å². The Bertz CT molecular complexity index is 506. The van der Waals surface area contributed by atoms with Crippen molar-refractivity contribution in [3.8, 4) is 5.75 Å². The highest BCUT2D eigenvalue weighted by atomic mass is 16.5. The van der Waals surface area contributed by atoms with Crippen LogP contribution in [0, 0.1) is 0 Å². The van der Waals surface area contributed by atoms with Gasteiger partial charge in [-0.05, 0) is 23.1 Å². The Balaban J connectivity index is 2.33. The first-order chi connectivity index (χ1) is 10.2. The Labute approximate surface area is 131 Å². The highest BCUT2D eigenvalue weighted by Gasteiger charge is 2.13. The molecule has 0 atom stereocenters. The zero-order valence-electron chi connectivity index (χ0n) is 13.7. The van der Waals surface area contributed by atoms with Crippen LogP contribution < -0.4 is 15.8 Å². The summed E-state index contributed by atoms with van der Waals surface area (Å²) in [4.78, 5) is 23.5. The van der Waals surface area contributed by atoms with E-state index in [4.69, 9.17) is 10.5 Å². The summed E-state index contributed by atoms with van der Waals surface area (Å²) in [5.41, 5.74) is 6.37. The number of hydrogen-bond donors (Lipinski definition) is 2. The number of carbonyl (C=O) groups is 2. The number of hydrogen-bond acceptors (Lipinski definition) is 3. The molecule has 1 aromatic rings. The maximum absolute atomic E-state index is 11.6. The summed E-state index contributed by atoms with van der Waals surface area (Å²) in [6, 6.07) is 7.55. The first-order valence-corrected chi connectivity index (χ1v) is 7.21. The van der Waals surface area contributed by atoms with Gasteiger partial charge in [-0.1, -0.05) is 32.9 Å². The van der Waals surface area contributed by atoms with E-state index in [9.17, 15) is 9.59 Å². The molecule has 0 radical (unpaired) electrons. The van der Waals surface area contributed by atoms with Crippen LogP contribution in [0.25, 0.3) is 0 Å². The number of amides is 3. The monoisotopic (exact) mass is 307 g/mol. The molecule has 0 aliphatic heterocycles. The molecule has 6 heteroatoms. The lowest BCUT2D eigenvalue weighted by Gasteiger charge is -2.19. The Morgan fingerprint density at radius 1 is 1.23 bits per heavy atom. The first-order valence-electron chi connectivity index (χ1n) is 7.21. The molecule has 0 aromatic heterocycles. The van der Waals surface area contributed by atoms with E-state index in [1.54, 1.807) is 0 Å². The minimum atomic E-state index is -0.548. The molecule has 0 spiro atoms. The molecule has 0 bridgehead atoms. The fourth-order valence-corrected chi connectivity index (χ4v) is 1.82. The third kappa shape index (κ3) is 6.03. The van der Waals surface area contributed by atoms with Gasteiger partial charge in [0.05, 0.1) is 6.54 Å². The fraction of sp³-hybridized carbons (Fsp3) is 0.500. The van der Waals surface area contributed by atoms with Crippen molar-refractivity contribution in [2.45, 2.75) is 26.2 Å². The van der Waals surface area contributed by atoms with E-state index in [-0.39, 0.29) is 18.0 Å². The number of urea groups is 1. The highest BCUT2D eigenvalue weighted by Crippen LogP contribution is 2.24. The molecule has 0 aliphatic carbocycles. The SMILES string of the molecule is CN(CC(N)=O)C(=O)NCCOc1ccc(C(C)(C)C)cc1. The lowest BCUT2D eigenvalue weighted by molar-refractivity contribution is -0.118. The molecule has 0 aliphatic rings. The summed E-state index contributed by atoms with van der Waals surface area (Å²) in [5.74, 6) is 0.209. The number of ether oxygens (including phenoxy) is 1. The van der Waals surface area contributed by atoms with Crippen LogP contribution in [0.1, 0.15) is 26.3 Å². The molecule has 0 fully saturated rings. The zero-order chi connectivity index (χ0) is 16.8. The molecular weight excluding hydrogens is 282 g/mol. The quantitative estimate of drug-likeness (QED) is 0.781. The third-order valence-electron chi connectivity index (χ3n) is 3.11. The van der Waals surface area contributed by atoms with E-state index in [1.807, 2.05) is 24.3 Å². The normalized spacial score (nSPS) is 10.9. The van der Waals surface area contributed by atoms with Gasteiger partial charge in [-0.25, -0.2) is 4.79 Å². The van der Waals surface area contributed by atoms with Gasteiger partial charge in [0.15, 0.2) is 0 Å². The van der Waals surface area contributed by atoms with Crippen LogP contribution in [0.3, 0.4) is 0 Å². The van der Waals surface area contributed by atoms with Gasteiger partial charge in [0, 0.05) is 7.05 Å². The molecule has 0 saturated carbocycles. The second kappa shape index (κ2) is 7.68. The van der Waals surface area contributed by atoms with Crippen molar-refractivity contribution in [2.75, 3.05) is 26.7 Å². The van der Waals surface area contributed by atoms with Crippen LogP contribution >= 0.6 is 0 Å². The van der Waals surface area contributed by atoms with Gasteiger partial charge < -0.3 is 20.7 Å². The number of primary amides is 1. The molecule has 1 aromatic carbocycles. The standard InChI is InChI=1S/C16H25N3O3/c1-16(2,3)12-5-7-13(8-6-12)22-10-9-18-15(21)19(4)11-14(17)20/h5-8H,9-11H2,1-4H3,(H2,17,20)(H,18,21). The van der Waals surface area contributed by atoms with Crippen LogP contribution in [-0.2, 0) is 10.2 Å². The summed E-state index contributed by atoms with van der Waals surface area (Å²) < 4.78 is 5.56. The zero-order valence-corrected chi connectivity index (χ0v) is 13.7. The van der Waals surface area contributed by atoms with Gasteiger partial charge in [-0.3, -0.25) is 4.79 Å². The third-order valence-corrected chi connectivity index (χ3v) is 3.11. The largest absolute Gasteiger partial charge is 0.492 e. The molecular formula is C16H25N3O3. The van der Waals surface area contributed by atoms with Gasteiger partial charge >= 0.3 is 6.03 Å². The van der Waals surface area contributed by atoms with Crippen molar-refractivity contribution in [3.63, 3.8) is 0 Å². The Kier molecular flexibility index (Phi) is 6.22. The van der Waals surface area contributed by atoms with E-state index in [2.05, 4.69) is 26.1 Å². The predicted molar refractivity (Wildman–Crippen MR) is 85.9 cm³/mol. The van der Waals surface area contributed by atoms with Crippen LogP contribution in [0.4, 0.5) is 4.79 Å².